The van der Waals surface area contributed by atoms with Crippen LogP contribution in [0.2, 0.25) is 5.02 Å². The van der Waals surface area contributed by atoms with E-state index in [1.165, 1.54) is 5.03 Å². The highest BCUT2D eigenvalue weighted by Gasteiger charge is 2.13. The predicted octanol–water partition coefficient (Wildman–Crippen LogP) is 4.48. The zero-order valence-corrected chi connectivity index (χ0v) is 12.1. The first-order chi connectivity index (χ1) is 8.63. The topological polar surface area (TPSA) is 17.3 Å². The van der Waals surface area contributed by atoms with E-state index in [0.29, 0.717) is 0 Å². The lowest BCUT2D eigenvalue weighted by Gasteiger charge is -2.08. The summed E-state index contributed by atoms with van der Waals surface area (Å²) >= 11 is 7.99. The lowest BCUT2D eigenvalue weighted by Crippen LogP contribution is -1.94. The second-order valence-electron chi connectivity index (χ2n) is 4.35. The van der Waals surface area contributed by atoms with Gasteiger partial charge in [-0.3, -0.25) is 4.40 Å². The number of thioether (sulfide) groups is 1. The molecule has 2 heterocycles. The highest BCUT2D eigenvalue weighted by atomic mass is 35.5. The van der Waals surface area contributed by atoms with Crippen molar-refractivity contribution in [2.75, 3.05) is 6.26 Å². The maximum Gasteiger partial charge on any atom is 0.146 e. The SMILES string of the molecule is CSc1c(C)nc2c3cccc(Cl)c3cc(C)n12. The van der Waals surface area contributed by atoms with E-state index in [9.17, 15) is 0 Å². The van der Waals surface area contributed by atoms with Gasteiger partial charge in [0.15, 0.2) is 0 Å². The van der Waals surface area contributed by atoms with Gasteiger partial charge in [0.05, 0.1) is 5.69 Å². The third kappa shape index (κ3) is 1.54. The van der Waals surface area contributed by atoms with Crippen LogP contribution in [0.5, 0.6) is 0 Å². The Hall–Kier alpha value is -1.19. The van der Waals surface area contributed by atoms with E-state index in [0.717, 1.165) is 32.8 Å². The van der Waals surface area contributed by atoms with Crippen LogP contribution in [-0.4, -0.2) is 15.6 Å². The number of pyridine rings is 1. The fourth-order valence-electron chi connectivity index (χ4n) is 2.41. The maximum atomic E-state index is 6.27. The summed E-state index contributed by atoms with van der Waals surface area (Å²) in [7, 11) is 0. The second-order valence-corrected chi connectivity index (χ2v) is 5.55. The van der Waals surface area contributed by atoms with Gasteiger partial charge in [-0.05, 0) is 32.2 Å². The van der Waals surface area contributed by atoms with E-state index in [2.05, 4.69) is 36.6 Å². The van der Waals surface area contributed by atoms with Crippen molar-refractivity contribution in [3.63, 3.8) is 0 Å². The summed E-state index contributed by atoms with van der Waals surface area (Å²) in [5.74, 6) is 0. The normalized spacial score (nSPS) is 11.6. The van der Waals surface area contributed by atoms with Gasteiger partial charge in [-0.1, -0.05) is 23.7 Å². The molecule has 0 aliphatic heterocycles. The van der Waals surface area contributed by atoms with E-state index >= 15 is 0 Å². The molecule has 92 valence electrons. The van der Waals surface area contributed by atoms with Gasteiger partial charge in [-0.2, -0.15) is 0 Å². The zero-order valence-electron chi connectivity index (χ0n) is 10.5. The molecule has 3 rings (SSSR count). The fraction of sp³-hybridized carbons (Fsp3) is 0.214. The molecule has 2 aromatic heterocycles. The molecular weight excluding hydrogens is 264 g/mol. The van der Waals surface area contributed by atoms with Crippen LogP contribution in [-0.2, 0) is 0 Å². The van der Waals surface area contributed by atoms with Gasteiger partial charge in [0, 0.05) is 21.5 Å². The van der Waals surface area contributed by atoms with Crippen molar-refractivity contribution < 1.29 is 0 Å². The molecule has 0 radical (unpaired) electrons. The summed E-state index contributed by atoms with van der Waals surface area (Å²) in [6, 6.07) is 8.10. The number of fused-ring (bicyclic) bond motifs is 3. The molecule has 0 aliphatic rings. The standard InChI is InChI=1S/C14H13ClN2S/c1-8-7-11-10(5-4-6-12(11)15)13-16-9(2)14(18-3)17(8)13/h4-7H,1-3H3. The molecule has 18 heavy (non-hydrogen) atoms. The molecule has 0 N–H and O–H groups in total. The molecule has 0 aliphatic carbocycles. The van der Waals surface area contributed by atoms with Gasteiger partial charge in [0.2, 0.25) is 0 Å². The molecule has 0 unspecified atom stereocenters. The van der Waals surface area contributed by atoms with Crippen LogP contribution in [0.4, 0.5) is 0 Å². The third-order valence-electron chi connectivity index (χ3n) is 3.19. The first-order valence-electron chi connectivity index (χ1n) is 5.74. The maximum absolute atomic E-state index is 6.27. The van der Waals surface area contributed by atoms with Gasteiger partial charge < -0.3 is 0 Å². The number of nitrogens with zero attached hydrogens (tertiary/aromatic N) is 2. The highest BCUT2D eigenvalue weighted by Crippen LogP contribution is 2.31. The summed E-state index contributed by atoms with van der Waals surface area (Å²) in [5, 5.41) is 4.16. The van der Waals surface area contributed by atoms with Crippen molar-refractivity contribution in [2.45, 2.75) is 18.9 Å². The predicted molar refractivity (Wildman–Crippen MR) is 79.0 cm³/mol. The van der Waals surface area contributed by atoms with Gasteiger partial charge in [0.1, 0.15) is 10.7 Å². The number of aryl methyl sites for hydroxylation is 2. The Bertz CT molecular complexity index is 761. The van der Waals surface area contributed by atoms with Crippen LogP contribution in [0, 0.1) is 13.8 Å². The van der Waals surface area contributed by atoms with Crippen molar-refractivity contribution in [2.24, 2.45) is 0 Å². The summed E-state index contributed by atoms with van der Waals surface area (Å²) in [5.41, 5.74) is 3.22. The van der Waals surface area contributed by atoms with E-state index < -0.39 is 0 Å². The average Bonchev–Trinajstić information content (AvgIpc) is 2.68. The first kappa shape index (κ1) is 11.9. The Kier molecular flexibility index (Phi) is 2.76. The van der Waals surface area contributed by atoms with Crippen molar-refractivity contribution in [3.8, 4) is 0 Å². The molecule has 0 atom stereocenters. The number of aromatic nitrogens is 2. The Morgan fingerprint density at radius 1 is 1.22 bits per heavy atom. The zero-order chi connectivity index (χ0) is 12.9. The molecule has 0 bridgehead atoms. The second kappa shape index (κ2) is 4.18. The van der Waals surface area contributed by atoms with Crippen LogP contribution in [0.1, 0.15) is 11.4 Å². The number of halogens is 1. The molecule has 0 amide bonds. The van der Waals surface area contributed by atoms with Crippen LogP contribution in [0.25, 0.3) is 16.4 Å². The van der Waals surface area contributed by atoms with E-state index in [1.54, 1.807) is 11.8 Å². The summed E-state index contributed by atoms with van der Waals surface area (Å²) < 4.78 is 2.21. The number of benzene rings is 1. The van der Waals surface area contributed by atoms with Gasteiger partial charge in [-0.15, -0.1) is 11.8 Å². The van der Waals surface area contributed by atoms with E-state index in [-0.39, 0.29) is 0 Å². The van der Waals surface area contributed by atoms with Crippen molar-refractivity contribution in [1.82, 2.24) is 9.38 Å². The van der Waals surface area contributed by atoms with E-state index in [4.69, 9.17) is 16.6 Å². The van der Waals surface area contributed by atoms with Gasteiger partial charge in [0.25, 0.3) is 0 Å². The molecule has 4 heteroatoms. The molecule has 3 aromatic rings. The lowest BCUT2D eigenvalue weighted by molar-refractivity contribution is 0.980. The summed E-state index contributed by atoms with van der Waals surface area (Å²) in [6.07, 6.45) is 2.08. The molecule has 0 saturated carbocycles. The number of imidazole rings is 1. The van der Waals surface area contributed by atoms with Crippen LogP contribution < -0.4 is 0 Å². The fourth-order valence-corrected chi connectivity index (χ4v) is 3.40. The molecule has 0 fully saturated rings. The number of hydrogen-bond acceptors (Lipinski definition) is 2. The number of hydrogen-bond donors (Lipinski definition) is 0. The van der Waals surface area contributed by atoms with Crippen molar-refractivity contribution in [1.29, 1.82) is 0 Å². The van der Waals surface area contributed by atoms with E-state index in [1.807, 2.05) is 12.1 Å². The molecule has 0 saturated heterocycles. The molecular formula is C14H13ClN2S. The average molecular weight is 277 g/mol. The summed E-state index contributed by atoms with van der Waals surface area (Å²) in [4.78, 5) is 4.70. The smallest absolute Gasteiger partial charge is 0.146 e. The Balaban J connectivity index is 2.59. The lowest BCUT2D eigenvalue weighted by atomic mass is 10.1. The molecule has 1 aromatic carbocycles. The molecule has 2 nitrogen and oxygen atoms in total. The Labute approximate surface area is 115 Å². The number of rotatable bonds is 1. The van der Waals surface area contributed by atoms with Gasteiger partial charge >= 0.3 is 0 Å². The minimum absolute atomic E-state index is 0.782. The van der Waals surface area contributed by atoms with Crippen molar-refractivity contribution in [3.05, 3.63) is 40.7 Å². The Morgan fingerprint density at radius 2 is 2.00 bits per heavy atom. The monoisotopic (exact) mass is 276 g/mol. The quantitative estimate of drug-likeness (QED) is 0.610. The summed E-state index contributed by atoms with van der Waals surface area (Å²) in [6.45, 7) is 4.14. The third-order valence-corrected chi connectivity index (χ3v) is 4.39. The Morgan fingerprint density at radius 3 is 2.72 bits per heavy atom. The molecule has 0 spiro atoms. The van der Waals surface area contributed by atoms with Crippen molar-refractivity contribution >= 4 is 39.8 Å². The van der Waals surface area contributed by atoms with Gasteiger partial charge in [-0.25, -0.2) is 4.98 Å². The van der Waals surface area contributed by atoms with Crippen LogP contribution in [0.3, 0.4) is 0 Å². The highest BCUT2D eigenvalue weighted by molar-refractivity contribution is 7.98. The minimum Gasteiger partial charge on any atom is -0.291 e. The largest absolute Gasteiger partial charge is 0.291 e. The van der Waals surface area contributed by atoms with Crippen LogP contribution >= 0.6 is 23.4 Å². The van der Waals surface area contributed by atoms with Crippen LogP contribution in [0.15, 0.2) is 29.3 Å². The first-order valence-corrected chi connectivity index (χ1v) is 7.34. The minimum atomic E-state index is 0.782.